The predicted octanol–water partition coefficient (Wildman–Crippen LogP) is 1.28. The number of piperidine rings is 1. The molecule has 1 unspecified atom stereocenters. The third kappa shape index (κ3) is 6.37. The van der Waals surface area contributed by atoms with Crippen LogP contribution in [0.15, 0.2) is 0 Å². The van der Waals surface area contributed by atoms with Gasteiger partial charge in [-0.3, -0.25) is 9.59 Å². The first-order chi connectivity index (χ1) is 9.52. The average molecular weight is 283 g/mol. The fourth-order valence-electron chi connectivity index (χ4n) is 2.54. The Bertz CT molecular complexity index is 312. The lowest BCUT2D eigenvalue weighted by Gasteiger charge is -2.25. The monoisotopic (exact) mass is 283 g/mol. The summed E-state index contributed by atoms with van der Waals surface area (Å²) in [7, 11) is 0. The fraction of sp³-hybridized carbons (Fsp3) is 0.867. The number of carbonyl (C=O) groups excluding carboxylic acids is 2. The molecule has 1 heterocycles. The van der Waals surface area contributed by atoms with Crippen molar-refractivity contribution in [3.05, 3.63) is 0 Å². The van der Waals surface area contributed by atoms with Crippen LogP contribution in [0.1, 0.15) is 52.9 Å². The molecule has 0 radical (unpaired) electrons. The molecule has 0 aromatic carbocycles. The molecule has 2 amide bonds. The van der Waals surface area contributed by atoms with Crippen LogP contribution < -0.4 is 10.6 Å². The molecule has 1 saturated heterocycles. The second kappa shape index (κ2) is 8.95. The van der Waals surface area contributed by atoms with E-state index in [0.717, 1.165) is 19.4 Å². The molecule has 0 saturated carbocycles. The van der Waals surface area contributed by atoms with Crippen molar-refractivity contribution in [2.24, 2.45) is 0 Å². The molecule has 0 bridgehead atoms. The maximum atomic E-state index is 12.2. The van der Waals surface area contributed by atoms with Crippen molar-refractivity contribution < 1.29 is 9.59 Å². The SMILES string of the molecule is CCN(CC(=O)NC(C)C)C(=O)CCC1CCCCN1. The highest BCUT2D eigenvalue weighted by Gasteiger charge is 2.18. The third-order valence-electron chi connectivity index (χ3n) is 3.64. The lowest BCUT2D eigenvalue weighted by molar-refractivity contribution is -0.136. The molecule has 5 heteroatoms. The van der Waals surface area contributed by atoms with E-state index in [0.29, 0.717) is 19.0 Å². The summed E-state index contributed by atoms with van der Waals surface area (Å²) in [5.41, 5.74) is 0. The van der Waals surface area contributed by atoms with E-state index in [1.165, 1.54) is 12.8 Å². The molecule has 2 N–H and O–H groups in total. The van der Waals surface area contributed by atoms with Gasteiger partial charge in [0.2, 0.25) is 11.8 Å². The van der Waals surface area contributed by atoms with E-state index < -0.39 is 0 Å². The first-order valence-corrected chi connectivity index (χ1v) is 7.83. The maximum absolute atomic E-state index is 12.2. The quantitative estimate of drug-likeness (QED) is 0.740. The zero-order valence-corrected chi connectivity index (χ0v) is 13.1. The van der Waals surface area contributed by atoms with Gasteiger partial charge in [0.1, 0.15) is 0 Å². The van der Waals surface area contributed by atoms with Gasteiger partial charge in [-0.05, 0) is 46.6 Å². The molecule has 0 spiro atoms. The summed E-state index contributed by atoms with van der Waals surface area (Å²) in [6.45, 7) is 7.58. The zero-order chi connectivity index (χ0) is 15.0. The van der Waals surface area contributed by atoms with Crippen molar-refractivity contribution in [1.82, 2.24) is 15.5 Å². The molecule has 116 valence electrons. The topological polar surface area (TPSA) is 61.4 Å². The molecule has 0 aromatic heterocycles. The molecule has 0 aliphatic carbocycles. The molecule has 1 fully saturated rings. The van der Waals surface area contributed by atoms with Crippen LogP contribution in [-0.4, -0.2) is 48.4 Å². The van der Waals surface area contributed by atoms with E-state index in [9.17, 15) is 9.59 Å². The summed E-state index contributed by atoms with van der Waals surface area (Å²) in [6, 6.07) is 0.582. The van der Waals surface area contributed by atoms with Gasteiger partial charge >= 0.3 is 0 Å². The summed E-state index contributed by atoms with van der Waals surface area (Å²) in [6.07, 6.45) is 5.05. The minimum absolute atomic E-state index is 0.0778. The summed E-state index contributed by atoms with van der Waals surface area (Å²) in [5, 5.41) is 6.27. The van der Waals surface area contributed by atoms with Gasteiger partial charge in [-0.15, -0.1) is 0 Å². The highest BCUT2D eigenvalue weighted by atomic mass is 16.2. The van der Waals surface area contributed by atoms with Crippen LogP contribution in [0.5, 0.6) is 0 Å². The first-order valence-electron chi connectivity index (χ1n) is 7.83. The van der Waals surface area contributed by atoms with E-state index in [1.807, 2.05) is 20.8 Å². The number of hydrogen-bond donors (Lipinski definition) is 2. The highest BCUT2D eigenvalue weighted by Crippen LogP contribution is 2.12. The van der Waals surface area contributed by atoms with Gasteiger partial charge in [0.15, 0.2) is 0 Å². The Labute approximate surface area is 122 Å². The first kappa shape index (κ1) is 17.0. The Morgan fingerprint density at radius 2 is 2.10 bits per heavy atom. The number of rotatable bonds is 7. The lowest BCUT2D eigenvalue weighted by Crippen LogP contribution is -2.43. The fourth-order valence-corrected chi connectivity index (χ4v) is 2.54. The van der Waals surface area contributed by atoms with Crippen LogP contribution in [0, 0.1) is 0 Å². The van der Waals surface area contributed by atoms with Crippen LogP contribution in [0.25, 0.3) is 0 Å². The van der Waals surface area contributed by atoms with Crippen LogP contribution in [0.2, 0.25) is 0 Å². The maximum Gasteiger partial charge on any atom is 0.239 e. The molecule has 1 aliphatic rings. The van der Waals surface area contributed by atoms with Gasteiger partial charge in [0.25, 0.3) is 0 Å². The molecule has 1 aliphatic heterocycles. The lowest BCUT2D eigenvalue weighted by atomic mass is 10.0. The third-order valence-corrected chi connectivity index (χ3v) is 3.64. The molecule has 1 atom stereocenters. The van der Waals surface area contributed by atoms with Gasteiger partial charge in [0, 0.05) is 25.0 Å². The van der Waals surface area contributed by atoms with Gasteiger partial charge in [-0.2, -0.15) is 0 Å². The van der Waals surface area contributed by atoms with Crippen LogP contribution in [-0.2, 0) is 9.59 Å². The van der Waals surface area contributed by atoms with E-state index in [2.05, 4.69) is 10.6 Å². The second-order valence-electron chi connectivity index (χ2n) is 5.82. The number of likely N-dealkylation sites (N-methyl/N-ethyl adjacent to an activating group) is 1. The summed E-state index contributed by atoms with van der Waals surface area (Å²) in [4.78, 5) is 25.5. The van der Waals surface area contributed by atoms with Crippen molar-refractivity contribution in [2.45, 2.75) is 65.0 Å². The number of nitrogens with zero attached hydrogens (tertiary/aromatic N) is 1. The Balaban J connectivity index is 2.32. The van der Waals surface area contributed by atoms with E-state index in [-0.39, 0.29) is 24.4 Å². The molecule has 5 nitrogen and oxygen atoms in total. The van der Waals surface area contributed by atoms with Gasteiger partial charge in [-0.1, -0.05) is 6.42 Å². The summed E-state index contributed by atoms with van der Waals surface area (Å²) < 4.78 is 0. The summed E-state index contributed by atoms with van der Waals surface area (Å²) >= 11 is 0. The van der Waals surface area contributed by atoms with E-state index >= 15 is 0 Å². The minimum Gasteiger partial charge on any atom is -0.352 e. The Hall–Kier alpha value is -1.10. The number of nitrogens with one attached hydrogen (secondary N) is 2. The number of hydrogen-bond acceptors (Lipinski definition) is 3. The molecular formula is C15H29N3O2. The minimum atomic E-state index is -0.0778. The van der Waals surface area contributed by atoms with Crippen molar-refractivity contribution in [3.8, 4) is 0 Å². The van der Waals surface area contributed by atoms with Crippen molar-refractivity contribution >= 4 is 11.8 Å². The van der Waals surface area contributed by atoms with Gasteiger partial charge < -0.3 is 15.5 Å². The predicted molar refractivity (Wildman–Crippen MR) is 80.4 cm³/mol. The standard InChI is InChI=1S/C15H29N3O2/c1-4-18(11-14(19)17-12(2)3)15(20)9-8-13-7-5-6-10-16-13/h12-13,16H,4-11H2,1-3H3,(H,17,19). The normalized spacial score (nSPS) is 18.9. The molecular weight excluding hydrogens is 254 g/mol. The Kier molecular flexibility index (Phi) is 7.59. The van der Waals surface area contributed by atoms with Crippen molar-refractivity contribution in [1.29, 1.82) is 0 Å². The highest BCUT2D eigenvalue weighted by molar-refractivity contribution is 5.84. The van der Waals surface area contributed by atoms with Gasteiger partial charge in [0.05, 0.1) is 6.54 Å². The van der Waals surface area contributed by atoms with E-state index in [1.54, 1.807) is 4.90 Å². The zero-order valence-electron chi connectivity index (χ0n) is 13.1. The van der Waals surface area contributed by atoms with Crippen molar-refractivity contribution in [2.75, 3.05) is 19.6 Å². The Morgan fingerprint density at radius 3 is 2.65 bits per heavy atom. The number of carbonyl (C=O) groups is 2. The van der Waals surface area contributed by atoms with E-state index in [4.69, 9.17) is 0 Å². The Morgan fingerprint density at radius 1 is 1.35 bits per heavy atom. The molecule has 0 aromatic rings. The molecule has 1 rings (SSSR count). The smallest absolute Gasteiger partial charge is 0.239 e. The van der Waals surface area contributed by atoms with Crippen molar-refractivity contribution in [3.63, 3.8) is 0 Å². The van der Waals surface area contributed by atoms with Gasteiger partial charge in [-0.25, -0.2) is 0 Å². The second-order valence-corrected chi connectivity index (χ2v) is 5.82. The summed E-state index contributed by atoms with van der Waals surface area (Å²) in [5.74, 6) is 0.00442. The van der Waals surface area contributed by atoms with Crippen LogP contribution in [0.3, 0.4) is 0 Å². The number of amides is 2. The average Bonchev–Trinajstić information content (AvgIpc) is 2.42. The molecule has 20 heavy (non-hydrogen) atoms. The van der Waals surface area contributed by atoms with Crippen LogP contribution >= 0.6 is 0 Å². The van der Waals surface area contributed by atoms with Crippen LogP contribution in [0.4, 0.5) is 0 Å². The largest absolute Gasteiger partial charge is 0.352 e.